The summed E-state index contributed by atoms with van der Waals surface area (Å²) in [6.45, 7) is 12.2. The van der Waals surface area contributed by atoms with Gasteiger partial charge in [-0.05, 0) is 69.1 Å². The van der Waals surface area contributed by atoms with Crippen molar-refractivity contribution in [3.05, 3.63) is 83.6 Å². The van der Waals surface area contributed by atoms with Gasteiger partial charge in [0, 0.05) is 23.2 Å². The molecule has 2 amide bonds. The maximum Gasteiger partial charge on any atom is 0.258 e. The molecule has 0 unspecified atom stereocenters. The third-order valence-corrected chi connectivity index (χ3v) is 4.92. The Kier molecular flexibility index (Phi) is 9.24. The van der Waals surface area contributed by atoms with E-state index in [0.29, 0.717) is 22.6 Å². The molecule has 2 aromatic carbocycles. The molecular weight excluding hydrogens is 408 g/mol. The number of benzene rings is 2. The van der Waals surface area contributed by atoms with Crippen LogP contribution in [0.3, 0.4) is 0 Å². The molecule has 0 heterocycles. The van der Waals surface area contributed by atoms with Crippen LogP contribution in [0.4, 0.5) is 5.69 Å². The Morgan fingerprint density at radius 3 is 2.58 bits per heavy atom. The van der Waals surface area contributed by atoms with Crippen LogP contribution in [0, 0.1) is 6.92 Å². The average molecular weight is 437 g/mol. The van der Waals surface area contributed by atoms with Gasteiger partial charge in [-0.3, -0.25) is 14.3 Å². The highest BCUT2D eigenvalue weighted by atomic mass is 32.2. The second kappa shape index (κ2) is 11.9. The first-order valence-electron chi connectivity index (χ1n) is 9.90. The van der Waals surface area contributed by atoms with Crippen molar-refractivity contribution in [2.75, 3.05) is 11.9 Å². The van der Waals surface area contributed by atoms with Crippen molar-refractivity contribution < 1.29 is 9.59 Å². The number of carbonyl (C=O) groups excluding carboxylic acids is 2. The first-order chi connectivity index (χ1) is 14.8. The normalized spacial score (nSPS) is 10.9. The van der Waals surface area contributed by atoms with Crippen LogP contribution in [0.2, 0.25) is 0 Å². The molecule has 0 saturated carbocycles. The molecule has 0 aliphatic heterocycles. The number of rotatable bonds is 8. The Morgan fingerprint density at radius 1 is 1.13 bits per heavy atom. The molecule has 3 N–H and O–H groups in total. The zero-order chi connectivity index (χ0) is 22.8. The zero-order valence-corrected chi connectivity index (χ0v) is 19.1. The van der Waals surface area contributed by atoms with Crippen LogP contribution >= 0.6 is 11.9 Å². The average Bonchev–Trinajstić information content (AvgIpc) is 2.76. The van der Waals surface area contributed by atoms with Gasteiger partial charge in [0.1, 0.15) is 5.84 Å². The van der Waals surface area contributed by atoms with E-state index < -0.39 is 0 Å². The summed E-state index contributed by atoms with van der Waals surface area (Å²) in [5, 5.41) is 5.59. The van der Waals surface area contributed by atoms with E-state index in [0.717, 1.165) is 22.6 Å². The molecule has 31 heavy (non-hydrogen) atoms. The number of hydrogen-bond acceptors (Lipinski definition) is 5. The highest BCUT2D eigenvalue weighted by Gasteiger charge is 2.16. The molecule has 2 aromatic rings. The lowest BCUT2D eigenvalue weighted by Gasteiger charge is -2.13. The van der Waals surface area contributed by atoms with E-state index in [9.17, 15) is 9.59 Å². The van der Waals surface area contributed by atoms with Gasteiger partial charge in [0.15, 0.2) is 0 Å². The lowest BCUT2D eigenvalue weighted by atomic mass is 10.1. The minimum atomic E-state index is -0.378. The Bertz CT molecular complexity index is 1020. The summed E-state index contributed by atoms with van der Waals surface area (Å²) in [6.07, 6.45) is 3.12. The Labute approximate surface area is 188 Å². The molecule has 7 heteroatoms. The van der Waals surface area contributed by atoms with E-state index in [1.54, 1.807) is 30.5 Å². The molecule has 0 atom stereocenters. The molecule has 2 rings (SSSR count). The number of anilines is 1. The molecule has 0 spiro atoms. The lowest BCUT2D eigenvalue weighted by Crippen LogP contribution is -2.30. The Hall–Kier alpha value is -3.16. The number of nitrogens with one attached hydrogen (secondary N) is 3. The molecule has 0 aliphatic carbocycles. The second-order valence-corrected chi connectivity index (χ2v) is 7.97. The quantitative estimate of drug-likeness (QED) is 0.305. The van der Waals surface area contributed by atoms with Crippen molar-refractivity contribution >= 4 is 35.3 Å². The van der Waals surface area contributed by atoms with Gasteiger partial charge >= 0.3 is 0 Å². The summed E-state index contributed by atoms with van der Waals surface area (Å²) in [5.74, 6) is -0.339. The van der Waals surface area contributed by atoms with Crippen LogP contribution in [0.5, 0.6) is 0 Å². The van der Waals surface area contributed by atoms with Crippen molar-refractivity contribution in [3.63, 3.8) is 0 Å². The molecule has 0 bridgehead atoms. The number of nitrogens with zero attached hydrogens (tertiary/aromatic N) is 1. The van der Waals surface area contributed by atoms with Crippen molar-refractivity contribution in [1.29, 1.82) is 0 Å². The number of aryl methyl sites for hydroxylation is 1. The number of aliphatic imine (C=N–C) groups is 1. The van der Waals surface area contributed by atoms with E-state index in [1.807, 2.05) is 45.9 Å². The van der Waals surface area contributed by atoms with Crippen LogP contribution in [0.25, 0.3) is 0 Å². The van der Waals surface area contributed by atoms with Crippen LogP contribution in [0.15, 0.2) is 76.8 Å². The second-order valence-electron chi connectivity index (χ2n) is 7.01. The van der Waals surface area contributed by atoms with E-state index in [4.69, 9.17) is 0 Å². The zero-order valence-electron chi connectivity index (χ0n) is 18.3. The molecule has 0 aliphatic rings. The first kappa shape index (κ1) is 24.1. The number of carbonyl (C=O) groups is 2. The van der Waals surface area contributed by atoms with Crippen LogP contribution in [-0.2, 0) is 0 Å². The van der Waals surface area contributed by atoms with Crippen molar-refractivity contribution in [2.24, 2.45) is 4.99 Å². The summed E-state index contributed by atoms with van der Waals surface area (Å²) in [4.78, 5) is 30.9. The van der Waals surface area contributed by atoms with Gasteiger partial charge in [0.2, 0.25) is 0 Å². The fraction of sp³-hybridized carbons (Fsp3) is 0.208. The van der Waals surface area contributed by atoms with Crippen LogP contribution in [0.1, 0.15) is 47.1 Å². The molecule has 0 fully saturated rings. The third-order valence-electron chi connectivity index (χ3n) is 4.00. The molecule has 162 valence electrons. The summed E-state index contributed by atoms with van der Waals surface area (Å²) < 4.78 is 3.16. The Balaban J connectivity index is 2.26. The van der Waals surface area contributed by atoms with E-state index in [2.05, 4.69) is 26.9 Å². The van der Waals surface area contributed by atoms with Gasteiger partial charge in [0.05, 0.1) is 11.3 Å². The third kappa shape index (κ3) is 7.55. The number of amidine groups is 1. The van der Waals surface area contributed by atoms with Crippen LogP contribution < -0.4 is 15.4 Å². The van der Waals surface area contributed by atoms with E-state index >= 15 is 0 Å². The van der Waals surface area contributed by atoms with Crippen molar-refractivity contribution in [1.82, 2.24) is 10.0 Å². The molecule has 0 aromatic heterocycles. The van der Waals surface area contributed by atoms with Gasteiger partial charge in [-0.1, -0.05) is 36.8 Å². The molecule has 6 nitrogen and oxygen atoms in total. The van der Waals surface area contributed by atoms with Gasteiger partial charge in [-0.25, -0.2) is 4.99 Å². The fourth-order valence-electron chi connectivity index (χ4n) is 2.52. The predicted octanol–water partition coefficient (Wildman–Crippen LogP) is 5.10. The van der Waals surface area contributed by atoms with Gasteiger partial charge in [-0.2, -0.15) is 0 Å². The minimum Gasteiger partial charge on any atom is -0.321 e. The highest BCUT2D eigenvalue weighted by molar-refractivity contribution is 7.97. The van der Waals surface area contributed by atoms with E-state index in [-0.39, 0.29) is 11.8 Å². The maximum absolute atomic E-state index is 12.9. The smallest absolute Gasteiger partial charge is 0.258 e. The molecule has 0 radical (unpaired) electrons. The number of hydrogen-bond donors (Lipinski definition) is 3. The topological polar surface area (TPSA) is 82.6 Å². The lowest BCUT2D eigenvalue weighted by molar-refractivity contribution is 0.0978. The monoisotopic (exact) mass is 436 g/mol. The van der Waals surface area contributed by atoms with Crippen molar-refractivity contribution in [3.8, 4) is 0 Å². The van der Waals surface area contributed by atoms with E-state index in [1.165, 1.54) is 18.0 Å². The van der Waals surface area contributed by atoms with Gasteiger partial charge in [0.25, 0.3) is 11.8 Å². The highest BCUT2D eigenvalue weighted by Crippen LogP contribution is 2.20. The van der Waals surface area contributed by atoms with Gasteiger partial charge < -0.3 is 10.6 Å². The fourth-order valence-corrected chi connectivity index (χ4v) is 3.17. The Morgan fingerprint density at radius 2 is 1.90 bits per heavy atom. The van der Waals surface area contributed by atoms with Gasteiger partial charge in [-0.15, -0.1) is 0 Å². The standard InChI is InChI=1S/C24H28N4O2S/c1-6-22(25-15-16(3)4)28-24(30)20-13-17(5)11-12-21(20)27-23(29)18-9-8-10-19(14-18)31-26-7-2/h6,8-15,26H,1,7H2,2-5H3,(H,27,29)(H,25,28,30). The number of amides is 2. The molecule has 0 saturated heterocycles. The summed E-state index contributed by atoms with van der Waals surface area (Å²) in [6, 6.07) is 12.6. The predicted molar refractivity (Wildman–Crippen MR) is 130 cm³/mol. The maximum atomic E-state index is 12.9. The SMILES string of the molecule is C=CC(=NC=C(C)C)NC(=O)c1cc(C)ccc1NC(=O)c1cccc(SNCC)c1. The minimum absolute atomic E-state index is 0.293. The molecular formula is C24H28N4O2S. The summed E-state index contributed by atoms with van der Waals surface area (Å²) in [5.41, 5.74) is 3.16. The first-order valence-corrected chi connectivity index (χ1v) is 10.7. The summed E-state index contributed by atoms with van der Waals surface area (Å²) in [7, 11) is 0. The summed E-state index contributed by atoms with van der Waals surface area (Å²) >= 11 is 1.46. The number of allylic oxidation sites excluding steroid dienone is 1. The van der Waals surface area contributed by atoms with Crippen LogP contribution in [-0.4, -0.2) is 24.2 Å². The largest absolute Gasteiger partial charge is 0.321 e. The van der Waals surface area contributed by atoms with Crippen molar-refractivity contribution in [2.45, 2.75) is 32.6 Å².